The summed E-state index contributed by atoms with van der Waals surface area (Å²) in [6.07, 6.45) is 11.1. The summed E-state index contributed by atoms with van der Waals surface area (Å²) in [6, 6.07) is 14.4. The molecule has 0 bridgehead atoms. The molecule has 4 rings (SSSR count). The van der Waals surface area contributed by atoms with Crippen LogP contribution in [0, 0.1) is 6.92 Å². The van der Waals surface area contributed by atoms with Crippen molar-refractivity contribution in [3.8, 4) is 17.5 Å². The van der Waals surface area contributed by atoms with Gasteiger partial charge >= 0.3 is 0 Å². The van der Waals surface area contributed by atoms with Crippen molar-refractivity contribution in [3.63, 3.8) is 0 Å². The Hall–Kier alpha value is -3.93. The highest BCUT2D eigenvalue weighted by molar-refractivity contribution is 6.05. The minimum Gasteiger partial charge on any atom is -0.439 e. The number of benzene rings is 1. The largest absolute Gasteiger partial charge is 0.439 e. The number of allylic oxidation sites excluding steroid dienone is 3. The number of aromatic nitrogens is 2. The van der Waals surface area contributed by atoms with Crippen molar-refractivity contribution in [3.05, 3.63) is 96.0 Å². The van der Waals surface area contributed by atoms with Gasteiger partial charge in [-0.15, -0.1) is 0 Å². The zero-order chi connectivity index (χ0) is 20.8. The van der Waals surface area contributed by atoms with Gasteiger partial charge in [0.1, 0.15) is 17.1 Å². The molecular weight excluding hydrogens is 378 g/mol. The molecular formula is C24H21N3O3. The molecule has 1 N–H and O–H groups in total. The molecule has 6 nitrogen and oxygen atoms in total. The predicted octanol–water partition coefficient (Wildman–Crippen LogP) is 5.44. The van der Waals surface area contributed by atoms with E-state index in [-0.39, 0.29) is 11.8 Å². The van der Waals surface area contributed by atoms with E-state index in [2.05, 4.69) is 21.4 Å². The number of pyridine rings is 2. The predicted molar refractivity (Wildman–Crippen MR) is 115 cm³/mol. The lowest BCUT2D eigenvalue weighted by molar-refractivity contribution is 0.102. The van der Waals surface area contributed by atoms with Crippen molar-refractivity contribution in [2.75, 3.05) is 5.32 Å². The van der Waals surface area contributed by atoms with E-state index in [9.17, 15) is 4.79 Å². The molecule has 3 aromatic rings. The Labute approximate surface area is 174 Å². The molecule has 0 unspecified atom stereocenters. The summed E-state index contributed by atoms with van der Waals surface area (Å²) < 4.78 is 11.5. The van der Waals surface area contributed by atoms with Crippen LogP contribution in [0.2, 0.25) is 0 Å². The fourth-order valence-corrected chi connectivity index (χ4v) is 2.86. The van der Waals surface area contributed by atoms with Crippen molar-refractivity contribution in [2.45, 2.75) is 19.8 Å². The number of nitrogens with zero attached hydrogens (tertiary/aromatic N) is 2. The van der Waals surface area contributed by atoms with Crippen LogP contribution in [0.4, 0.5) is 5.69 Å². The lowest BCUT2D eigenvalue weighted by atomic mass is 10.2. The van der Waals surface area contributed by atoms with Crippen LogP contribution in [0.15, 0.2) is 84.9 Å². The Morgan fingerprint density at radius 3 is 2.60 bits per heavy atom. The smallest absolute Gasteiger partial charge is 0.261 e. The number of carbonyl (C=O) groups is 1. The normalized spacial score (nSPS) is 12.8. The van der Waals surface area contributed by atoms with Gasteiger partial charge in [-0.1, -0.05) is 23.8 Å². The van der Waals surface area contributed by atoms with Gasteiger partial charge in [-0.05, 0) is 62.2 Å². The molecule has 1 amide bonds. The van der Waals surface area contributed by atoms with Gasteiger partial charge in [0.15, 0.2) is 0 Å². The van der Waals surface area contributed by atoms with Crippen LogP contribution in [-0.4, -0.2) is 15.9 Å². The SMILES string of the molecule is Cc1ccc(Oc2ncccc2C(=O)Nc2ccc(OC3=CCCC=C3)nc2)cc1. The van der Waals surface area contributed by atoms with Gasteiger partial charge < -0.3 is 14.8 Å². The van der Waals surface area contributed by atoms with Gasteiger partial charge in [-0.2, -0.15) is 0 Å². The van der Waals surface area contributed by atoms with Crippen LogP contribution in [0.25, 0.3) is 0 Å². The highest BCUT2D eigenvalue weighted by Gasteiger charge is 2.15. The number of amides is 1. The van der Waals surface area contributed by atoms with E-state index in [1.807, 2.05) is 43.3 Å². The summed E-state index contributed by atoms with van der Waals surface area (Å²) in [7, 11) is 0. The number of ether oxygens (including phenoxy) is 2. The lowest BCUT2D eigenvalue weighted by Crippen LogP contribution is -2.13. The van der Waals surface area contributed by atoms with Gasteiger partial charge in [0.2, 0.25) is 11.8 Å². The number of anilines is 1. The third kappa shape index (κ3) is 4.91. The lowest BCUT2D eigenvalue weighted by Gasteiger charge is -2.11. The molecule has 0 radical (unpaired) electrons. The third-order valence-electron chi connectivity index (χ3n) is 4.43. The zero-order valence-corrected chi connectivity index (χ0v) is 16.5. The van der Waals surface area contributed by atoms with Crippen molar-refractivity contribution in [1.82, 2.24) is 9.97 Å². The molecule has 0 spiro atoms. The second-order valence-corrected chi connectivity index (χ2v) is 6.80. The summed E-state index contributed by atoms with van der Waals surface area (Å²) in [5.41, 5.74) is 2.00. The van der Waals surface area contributed by atoms with Crippen molar-refractivity contribution >= 4 is 11.6 Å². The average Bonchev–Trinajstić information content (AvgIpc) is 2.78. The van der Waals surface area contributed by atoms with Crippen molar-refractivity contribution in [2.24, 2.45) is 0 Å². The van der Waals surface area contributed by atoms with Crippen LogP contribution < -0.4 is 14.8 Å². The van der Waals surface area contributed by atoms with Gasteiger partial charge in [-0.3, -0.25) is 4.79 Å². The summed E-state index contributed by atoms with van der Waals surface area (Å²) in [5, 5.41) is 2.82. The molecule has 0 fully saturated rings. The maximum absolute atomic E-state index is 12.8. The monoisotopic (exact) mass is 399 g/mol. The van der Waals surface area contributed by atoms with Crippen LogP contribution in [0.5, 0.6) is 17.5 Å². The zero-order valence-electron chi connectivity index (χ0n) is 16.5. The number of aryl methyl sites for hydroxylation is 1. The molecule has 30 heavy (non-hydrogen) atoms. The van der Waals surface area contributed by atoms with E-state index in [1.54, 1.807) is 36.7 Å². The first-order valence-corrected chi connectivity index (χ1v) is 9.69. The maximum atomic E-state index is 12.8. The molecule has 1 aromatic carbocycles. The Morgan fingerprint density at radius 2 is 1.87 bits per heavy atom. The van der Waals surface area contributed by atoms with Crippen molar-refractivity contribution in [1.29, 1.82) is 0 Å². The van der Waals surface area contributed by atoms with E-state index >= 15 is 0 Å². The average molecular weight is 399 g/mol. The number of hydrogen-bond acceptors (Lipinski definition) is 5. The molecule has 2 heterocycles. The van der Waals surface area contributed by atoms with E-state index in [0.717, 1.165) is 24.2 Å². The first-order chi connectivity index (χ1) is 14.7. The molecule has 150 valence electrons. The van der Waals surface area contributed by atoms with E-state index in [0.29, 0.717) is 22.9 Å². The first kappa shape index (κ1) is 19.4. The van der Waals surface area contributed by atoms with Crippen LogP contribution in [-0.2, 0) is 0 Å². The highest BCUT2D eigenvalue weighted by atomic mass is 16.5. The minimum absolute atomic E-state index is 0.239. The summed E-state index contributed by atoms with van der Waals surface area (Å²) >= 11 is 0. The molecule has 2 aromatic heterocycles. The Balaban J connectivity index is 1.44. The molecule has 0 saturated carbocycles. The topological polar surface area (TPSA) is 73.3 Å². The minimum atomic E-state index is -0.335. The van der Waals surface area contributed by atoms with Gasteiger partial charge in [0.05, 0.1) is 11.9 Å². The van der Waals surface area contributed by atoms with Crippen LogP contribution >= 0.6 is 0 Å². The summed E-state index contributed by atoms with van der Waals surface area (Å²) in [4.78, 5) is 21.2. The summed E-state index contributed by atoms with van der Waals surface area (Å²) in [6.45, 7) is 2.00. The molecule has 1 aliphatic carbocycles. The maximum Gasteiger partial charge on any atom is 0.261 e. The highest BCUT2D eigenvalue weighted by Crippen LogP contribution is 2.24. The molecule has 6 heteroatoms. The van der Waals surface area contributed by atoms with Gasteiger partial charge in [0.25, 0.3) is 5.91 Å². The number of carbonyl (C=O) groups excluding carboxylic acids is 1. The number of nitrogens with one attached hydrogen (secondary N) is 1. The van der Waals surface area contributed by atoms with Crippen LogP contribution in [0.3, 0.4) is 0 Å². The molecule has 0 atom stereocenters. The standard InChI is InChI=1S/C24H21N3O3/c1-17-9-12-20(13-10-17)30-24-21(8-5-15-25-24)23(28)27-18-11-14-22(26-16-18)29-19-6-3-2-4-7-19/h3,5-16H,2,4H2,1H3,(H,27,28). The number of rotatable bonds is 6. The molecule has 0 aliphatic heterocycles. The van der Waals surface area contributed by atoms with Crippen molar-refractivity contribution < 1.29 is 14.3 Å². The van der Waals surface area contributed by atoms with E-state index in [1.165, 1.54) is 0 Å². The Bertz CT molecular complexity index is 1090. The fraction of sp³-hybridized carbons (Fsp3) is 0.125. The van der Waals surface area contributed by atoms with E-state index in [4.69, 9.17) is 9.47 Å². The second kappa shape index (κ2) is 9.05. The molecule has 1 aliphatic rings. The summed E-state index contributed by atoms with van der Waals surface area (Å²) in [5.74, 6) is 1.76. The van der Waals surface area contributed by atoms with Gasteiger partial charge in [-0.25, -0.2) is 9.97 Å². The fourth-order valence-electron chi connectivity index (χ4n) is 2.86. The first-order valence-electron chi connectivity index (χ1n) is 9.69. The van der Waals surface area contributed by atoms with Gasteiger partial charge in [0, 0.05) is 12.3 Å². The Morgan fingerprint density at radius 1 is 1.00 bits per heavy atom. The quantitative estimate of drug-likeness (QED) is 0.597. The Kier molecular flexibility index (Phi) is 5.85. The third-order valence-corrected chi connectivity index (χ3v) is 4.43. The second-order valence-electron chi connectivity index (χ2n) is 6.80. The van der Waals surface area contributed by atoms with Crippen LogP contribution in [0.1, 0.15) is 28.8 Å². The number of hydrogen-bond donors (Lipinski definition) is 1. The van der Waals surface area contributed by atoms with E-state index < -0.39 is 0 Å². The molecule has 0 saturated heterocycles.